The minimum absolute atomic E-state index is 0.0787. The van der Waals surface area contributed by atoms with Crippen molar-refractivity contribution in [1.29, 1.82) is 0 Å². The van der Waals surface area contributed by atoms with Crippen molar-refractivity contribution in [3.05, 3.63) is 101 Å². The average Bonchev–Trinajstić information content (AvgIpc) is 3.05. The number of nitrogens with zero attached hydrogens (tertiary/aromatic N) is 2. The second-order valence-corrected chi connectivity index (χ2v) is 8.07. The van der Waals surface area contributed by atoms with Crippen LogP contribution in [0.5, 0.6) is 0 Å². The van der Waals surface area contributed by atoms with Gasteiger partial charge in [-0.2, -0.15) is 0 Å². The van der Waals surface area contributed by atoms with Crippen molar-refractivity contribution in [3.8, 4) is 0 Å². The number of carbonyl (C=O) groups excluding carboxylic acids is 2. The molecule has 0 spiro atoms. The lowest BCUT2D eigenvalue weighted by Crippen LogP contribution is -2.29. The topological polar surface area (TPSA) is 70.5 Å². The Balaban J connectivity index is 1.91. The van der Waals surface area contributed by atoms with Gasteiger partial charge < -0.3 is 5.11 Å². The van der Waals surface area contributed by atoms with Crippen molar-refractivity contribution >= 4 is 23.1 Å². The lowest BCUT2D eigenvalue weighted by molar-refractivity contribution is -0.132. The second-order valence-electron chi connectivity index (χ2n) is 8.07. The van der Waals surface area contributed by atoms with E-state index < -0.39 is 17.7 Å². The van der Waals surface area contributed by atoms with Gasteiger partial charge in [0.15, 0.2) is 0 Å². The maximum atomic E-state index is 13.1. The number of rotatable bonds is 4. The zero-order chi connectivity index (χ0) is 22.1. The molecule has 1 amide bonds. The second kappa shape index (κ2) is 8.19. The number of benzene rings is 2. The van der Waals surface area contributed by atoms with E-state index in [4.69, 9.17) is 0 Å². The minimum Gasteiger partial charge on any atom is -0.507 e. The molecule has 2 aromatic carbocycles. The van der Waals surface area contributed by atoms with Crippen molar-refractivity contribution in [2.24, 2.45) is 0 Å². The number of aliphatic hydroxyl groups excluding tert-OH is 1. The van der Waals surface area contributed by atoms with Crippen LogP contribution >= 0.6 is 0 Å². The van der Waals surface area contributed by atoms with E-state index in [1.807, 2.05) is 43.3 Å². The normalized spacial score (nSPS) is 18.1. The fourth-order valence-corrected chi connectivity index (χ4v) is 3.84. The van der Waals surface area contributed by atoms with Crippen molar-refractivity contribution in [2.75, 3.05) is 4.90 Å². The highest BCUT2D eigenvalue weighted by Gasteiger charge is 2.47. The first-order valence-electron chi connectivity index (χ1n) is 10.3. The average molecular weight is 412 g/mol. The first-order valence-corrected chi connectivity index (χ1v) is 10.3. The summed E-state index contributed by atoms with van der Waals surface area (Å²) >= 11 is 0. The maximum Gasteiger partial charge on any atom is 0.300 e. The third-order valence-electron chi connectivity index (χ3n) is 5.61. The Morgan fingerprint density at radius 2 is 1.68 bits per heavy atom. The summed E-state index contributed by atoms with van der Waals surface area (Å²) in [4.78, 5) is 31.7. The van der Waals surface area contributed by atoms with E-state index >= 15 is 0 Å². The first kappa shape index (κ1) is 20.5. The van der Waals surface area contributed by atoms with Gasteiger partial charge in [-0.1, -0.05) is 67.9 Å². The molecule has 1 atom stereocenters. The van der Waals surface area contributed by atoms with Gasteiger partial charge in [0.2, 0.25) is 0 Å². The van der Waals surface area contributed by atoms with E-state index in [1.165, 1.54) is 4.90 Å². The van der Waals surface area contributed by atoms with Gasteiger partial charge in [-0.25, -0.2) is 0 Å². The molecular weight excluding hydrogens is 388 g/mol. The fraction of sp³-hybridized carbons (Fsp3) is 0.192. The van der Waals surface area contributed by atoms with Gasteiger partial charge in [0, 0.05) is 11.8 Å². The summed E-state index contributed by atoms with van der Waals surface area (Å²) in [7, 11) is 0. The highest BCUT2D eigenvalue weighted by atomic mass is 16.3. The summed E-state index contributed by atoms with van der Waals surface area (Å²) in [5, 5.41) is 11.1. The molecule has 0 saturated carbocycles. The Labute approximate surface area is 181 Å². The Bertz CT molecular complexity index is 1150. The summed E-state index contributed by atoms with van der Waals surface area (Å²) in [5.74, 6) is -1.21. The van der Waals surface area contributed by atoms with Gasteiger partial charge in [0.25, 0.3) is 11.7 Å². The third kappa shape index (κ3) is 3.75. The number of aliphatic hydroxyl groups is 1. The van der Waals surface area contributed by atoms with Crippen molar-refractivity contribution in [2.45, 2.75) is 32.7 Å². The number of hydrogen-bond donors (Lipinski definition) is 1. The molecule has 1 N–H and O–H groups in total. The molecule has 4 rings (SSSR count). The molecular formula is C26H24N2O3. The van der Waals surface area contributed by atoms with E-state index in [0.29, 0.717) is 17.2 Å². The number of Topliss-reactive ketones (excluding diaryl/α,β-unsaturated/α-hetero) is 1. The number of anilines is 1. The highest BCUT2D eigenvalue weighted by molar-refractivity contribution is 6.51. The molecule has 1 fully saturated rings. The Kier molecular flexibility index (Phi) is 5.42. The zero-order valence-corrected chi connectivity index (χ0v) is 17.7. The number of aryl methyl sites for hydroxylation is 1. The van der Waals surface area contributed by atoms with E-state index in [-0.39, 0.29) is 11.3 Å². The predicted octanol–water partition coefficient (Wildman–Crippen LogP) is 5.14. The predicted molar refractivity (Wildman–Crippen MR) is 121 cm³/mol. The van der Waals surface area contributed by atoms with Crippen LogP contribution in [0.15, 0.2) is 78.6 Å². The molecule has 5 nitrogen and oxygen atoms in total. The number of pyridine rings is 1. The van der Waals surface area contributed by atoms with E-state index in [1.54, 1.807) is 36.7 Å². The molecule has 0 radical (unpaired) electrons. The van der Waals surface area contributed by atoms with Crippen molar-refractivity contribution < 1.29 is 14.7 Å². The van der Waals surface area contributed by atoms with Crippen LogP contribution in [-0.4, -0.2) is 21.8 Å². The molecule has 2 heterocycles. The van der Waals surface area contributed by atoms with Gasteiger partial charge in [-0.15, -0.1) is 0 Å². The summed E-state index contributed by atoms with van der Waals surface area (Å²) in [5.41, 5.74) is 4.02. The highest BCUT2D eigenvalue weighted by Crippen LogP contribution is 2.42. The van der Waals surface area contributed by atoms with Gasteiger partial charge in [-0.3, -0.25) is 19.5 Å². The third-order valence-corrected chi connectivity index (χ3v) is 5.61. The Hall–Kier alpha value is -3.73. The van der Waals surface area contributed by atoms with Gasteiger partial charge in [0.1, 0.15) is 5.76 Å². The molecule has 1 aromatic heterocycles. The molecule has 156 valence electrons. The summed E-state index contributed by atoms with van der Waals surface area (Å²) in [6, 6.07) is 17.7. The molecule has 1 saturated heterocycles. The summed E-state index contributed by atoms with van der Waals surface area (Å²) in [6.45, 7) is 6.16. The Morgan fingerprint density at radius 3 is 2.26 bits per heavy atom. The standard InChI is InChI=1S/C26H24N2O3/c1-16(2)18-10-12-19(13-11-18)23-22(24(29)20-8-6-17(3)7-9-20)25(30)26(31)28(23)21-5-4-14-27-15-21/h4-16,23,29H,1-3H3. The molecule has 31 heavy (non-hydrogen) atoms. The SMILES string of the molecule is Cc1ccc(C(O)=C2C(=O)C(=O)N(c3cccnc3)C2c2ccc(C(C)C)cc2)cc1. The molecule has 1 aliphatic rings. The molecule has 0 bridgehead atoms. The fourth-order valence-electron chi connectivity index (χ4n) is 3.84. The van der Waals surface area contributed by atoms with Gasteiger partial charge in [-0.05, 0) is 36.1 Å². The van der Waals surface area contributed by atoms with Gasteiger partial charge in [0.05, 0.1) is 23.5 Å². The molecule has 5 heteroatoms. The van der Waals surface area contributed by atoms with Crippen LogP contribution in [0.2, 0.25) is 0 Å². The van der Waals surface area contributed by atoms with Crippen LogP contribution in [0, 0.1) is 6.92 Å². The number of carbonyl (C=O) groups is 2. The van der Waals surface area contributed by atoms with Crippen LogP contribution in [0.25, 0.3) is 5.76 Å². The molecule has 1 unspecified atom stereocenters. The molecule has 0 aliphatic carbocycles. The summed E-state index contributed by atoms with van der Waals surface area (Å²) in [6.07, 6.45) is 3.16. The number of aromatic nitrogens is 1. The number of ketones is 1. The monoisotopic (exact) mass is 412 g/mol. The van der Waals surface area contributed by atoms with Crippen molar-refractivity contribution in [3.63, 3.8) is 0 Å². The van der Waals surface area contributed by atoms with Gasteiger partial charge >= 0.3 is 0 Å². The molecule has 1 aliphatic heterocycles. The largest absolute Gasteiger partial charge is 0.507 e. The number of hydrogen-bond acceptors (Lipinski definition) is 4. The number of amides is 1. The lowest BCUT2D eigenvalue weighted by Gasteiger charge is -2.25. The van der Waals surface area contributed by atoms with Crippen LogP contribution in [0.1, 0.15) is 48.1 Å². The molecule has 3 aromatic rings. The Morgan fingerprint density at radius 1 is 1.00 bits per heavy atom. The smallest absolute Gasteiger partial charge is 0.300 e. The lowest BCUT2D eigenvalue weighted by atomic mass is 9.93. The summed E-state index contributed by atoms with van der Waals surface area (Å²) < 4.78 is 0. The minimum atomic E-state index is -0.744. The zero-order valence-electron chi connectivity index (χ0n) is 17.7. The maximum absolute atomic E-state index is 13.1. The van der Waals surface area contributed by atoms with E-state index in [2.05, 4.69) is 18.8 Å². The quantitative estimate of drug-likeness (QED) is 0.366. The van der Waals surface area contributed by atoms with Crippen LogP contribution in [-0.2, 0) is 9.59 Å². The van der Waals surface area contributed by atoms with E-state index in [9.17, 15) is 14.7 Å². The van der Waals surface area contributed by atoms with Crippen LogP contribution < -0.4 is 4.90 Å². The first-order chi connectivity index (χ1) is 14.9. The van der Waals surface area contributed by atoms with E-state index in [0.717, 1.165) is 16.7 Å². The van der Waals surface area contributed by atoms with Crippen molar-refractivity contribution in [1.82, 2.24) is 4.98 Å². The van der Waals surface area contributed by atoms with Crippen LogP contribution in [0.3, 0.4) is 0 Å². The van der Waals surface area contributed by atoms with Crippen LogP contribution in [0.4, 0.5) is 5.69 Å².